The van der Waals surface area contributed by atoms with Crippen LogP contribution in [0.4, 0.5) is 8.78 Å². The van der Waals surface area contributed by atoms with Crippen molar-refractivity contribution in [2.24, 2.45) is 0 Å². The van der Waals surface area contributed by atoms with Gasteiger partial charge in [-0.25, -0.2) is 8.78 Å². The first-order chi connectivity index (χ1) is 17.4. The summed E-state index contributed by atoms with van der Waals surface area (Å²) in [5, 5.41) is 5.49. The van der Waals surface area contributed by atoms with Crippen LogP contribution in [0.25, 0.3) is 0 Å². The number of rotatable bonds is 10. The van der Waals surface area contributed by atoms with E-state index in [0.29, 0.717) is 18.4 Å². The zero-order chi connectivity index (χ0) is 25.8. The van der Waals surface area contributed by atoms with Crippen LogP contribution in [-0.2, 0) is 4.79 Å². The van der Waals surface area contributed by atoms with E-state index in [4.69, 9.17) is 0 Å². The fourth-order valence-corrected chi connectivity index (χ4v) is 3.84. The first-order valence-corrected chi connectivity index (χ1v) is 12.0. The van der Waals surface area contributed by atoms with Crippen molar-refractivity contribution in [2.45, 2.75) is 38.5 Å². The van der Waals surface area contributed by atoms with Crippen molar-refractivity contribution in [3.05, 3.63) is 107 Å². The van der Waals surface area contributed by atoms with Crippen molar-refractivity contribution in [1.82, 2.24) is 10.6 Å². The lowest BCUT2D eigenvalue weighted by Crippen LogP contribution is -2.25. The average molecular weight is 489 g/mol. The first kappa shape index (κ1) is 26.6. The highest BCUT2D eigenvalue weighted by Gasteiger charge is 2.15. The van der Waals surface area contributed by atoms with Gasteiger partial charge in [-0.05, 0) is 67.3 Å². The maximum atomic E-state index is 13.4. The average Bonchev–Trinajstić information content (AvgIpc) is 2.88. The molecule has 0 saturated heterocycles. The molecule has 186 valence electrons. The van der Waals surface area contributed by atoms with Crippen LogP contribution in [0.5, 0.6) is 0 Å². The molecule has 3 rings (SSSR count). The van der Waals surface area contributed by atoms with Crippen LogP contribution in [0.1, 0.15) is 58.6 Å². The Kier molecular flexibility index (Phi) is 10.2. The summed E-state index contributed by atoms with van der Waals surface area (Å²) in [4.78, 5) is 24.1. The molecule has 2 amide bonds. The SMILES string of the molecule is Cc1ccc(C(=O)NCC#CCNC(=O)CCCCC(c2ccc(F)cc2)c2ccc(F)cc2)cc1. The quantitative estimate of drug-likeness (QED) is 0.292. The van der Waals surface area contributed by atoms with Gasteiger partial charge in [-0.3, -0.25) is 9.59 Å². The predicted molar refractivity (Wildman–Crippen MR) is 137 cm³/mol. The van der Waals surface area contributed by atoms with E-state index in [0.717, 1.165) is 29.5 Å². The molecule has 0 saturated carbocycles. The van der Waals surface area contributed by atoms with Crippen molar-refractivity contribution in [2.75, 3.05) is 13.1 Å². The molecule has 0 heterocycles. The summed E-state index contributed by atoms with van der Waals surface area (Å²) in [6.07, 6.45) is 2.59. The maximum absolute atomic E-state index is 13.4. The largest absolute Gasteiger partial charge is 0.345 e. The standard InChI is InChI=1S/C30H30F2N2O2/c1-22-8-10-25(11-9-22)30(36)34-21-5-4-20-33-29(35)7-3-2-6-28(23-12-16-26(31)17-13-23)24-14-18-27(32)19-15-24/h8-19,28H,2-3,6-7,20-21H2,1H3,(H,33,35)(H,34,36). The number of hydrogen-bond acceptors (Lipinski definition) is 2. The van der Waals surface area contributed by atoms with Crippen LogP contribution in [0.3, 0.4) is 0 Å². The third-order valence-corrected chi connectivity index (χ3v) is 5.84. The van der Waals surface area contributed by atoms with E-state index in [1.165, 1.54) is 24.3 Å². The van der Waals surface area contributed by atoms with Gasteiger partial charge >= 0.3 is 0 Å². The van der Waals surface area contributed by atoms with Crippen LogP contribution >= 0.6 is 0 Å². The van der Waals surface area contributed by atoms with E-state index < -0.39 is 0 Å². The molecule has 0 aliphatic rings. The zero-order valence-electron chi connectivity index (χ0n) is 20.3. The van der Waals surface area contributed by atoms with Gasteiger partial charge in [-0.2, -0.15) is 0 Å². The molecule has 4 nitrogen and oxygen atoms in total. The molecule has 3 aromatic carbocycles. The number of hydrogen-bond donors (Lipinski definition) is 2. The second-order valence-electron chi connectivity index (χ2n) is 8.58. The lowest BCUT2D eigenvalue weighted by atomic mass is 9.87. The number of benzene rings is 3. The molecular formula is C30H30F2N2O2. The highest BCUT2D eigenvalue weighted by molar-refractivity contribution is 5.94. The summed E-state index contributed by atoms with van der Waals surface area (Å²) in [5.41, 5.74) is 3.58. The Morgan fingerprint density at radius 3 is 1.83 bits per heavy atom. The molecule has 0 aliphatic carbocycles. The van der Waals surface area contributed by atoms with Gasteiger partial charge in [0.05, 0.1) is 13.1 Å². The lowest BCUT2D eigenvalue weighted by molar-refractivity contribution is -0.120. The second kappa shape index (κ2) is 13.8. The topological polar surface area (TPSA) is 58.2 Å². The Labute approximate surface area is 211 Å². The Hall–Kier alpha value is -3.98. The lowest BCUT2D eigenvalue weighted by Gasteiger charge is -2.18. The van der Waals surface area contributed by atoms with Crippen molar-refractivity contribution in [1.29, 1.82) is 0 Å². The molecule has 0 radical (unpaired) electrons. The van der Waals surface area contributed by atoms with Crippen molar-refractivity contribution >= 4 is 11.8 Å². The van der Waals surface area contributed by atoms with Gasteiger partial charge in [0, 0.05) is 17.9 Å². The number of unbranched alkanes of at least 4 members (excludes halogenated alkanes) is 1. The molecule has 3 aromatic rings. The van der Waals surface area contributed by atoms with Crippen LogP contribution in [0.2, 0.25) is 0 Å². The molecule has 0 unspecified atom stereocenters. The minimum absolute atomic E-state index is 0.00440. The minimum atomic E-state index is -0.301. The first-order valence-electron chi connectivity index (χ1n) is 12.0. The number of carbonyl (C=O) groups excluding carboxylic acids is 2. The van der Waals surface area contributed by atoms with Crippen molar-refractivity contribution in [3.8, 4) is 11.8 Å². The number of halogens is 2. The van der Waals surface area contributed by atoms with Crippen molar-refractivity contribution in [3.63, 3.8) is 0 Å². The third kappa shape index (κ3) is 8.66. The molecule has 2 N–H and O–H groups in total. The van der Waals surface area contributed by atoms with Crippen molar-refractivity contribution < 1.29 is 18.4 Å². The Bertz CT molecular complexity index is 1150. The van der Waals surface area contributed by atoms with Crippen LogP contribution in [0.15, 0.2) is 72.8 Å². The molecule has 0 fully saturated rings. The highest BCUT2D eigenvalue weighted by Crippen LogP contribution is 2.30. The zero-order valence-corrected chi connectivity index (χ0v) is 20.3. The number of nitrogens with one attached hydrogen (secondary N) is 2. The van der Waals surface area contributed by atoms with Gasteiger partial charge in [0.15, 0.2) is 0 Å². The summed E-state index contributed by atoms with van der Waals surface area (Å²) < 4.78 is 26.7. The minimum Gasteiger partial charge on any atom is -0.345 e. The molecule has 0 bridgehead atoms. The Morgan fingerprint density at radius 2 is 1.28 bits per heavy atom. The summed E-state index contributed by atoms with van der Waals surface area (Å²) in [6.45, 7) is 2.38. The molecule has 36 heavy (non-hydrogen) atoms. The number of aryl methyl sites for hydroxylation is 1. The van der Waals surface area contributed by atoms with E-state index >= 15 is 0 Å². The Morgan fingerprint density at radius 1 is 0.750 bits per heavy atom. The normalized spacial score (nSPS) is 10.4. The van der Waals surface area contributed by atoms with Crippen LogP contribution in [0, 0.1) is 30.4 Å². The molecule has 0 aliphatic heterocycles. The van der Waals surface area contributed by atoms with Gasteiger partial charge in [0.2, 0.25) is 5.91 Å². The van der Waals surface area contributed by atoms with Gasteiger partial charge in [0.1, 0.15) is 11.6 Å². The van der Waals surface area contributed by atoms with E-state index in [1.54, 1.807) is 36.4 Å². The highest BCUT2D eigenvalue weighted by atomic mass is 19.1. The van der Waals surface area contributed by atoms with Crippen LogP contribution in [-0.4, -0.2) is 24.9 Å². The summed E-state index contributed by atoms with van der Waals surface area (Å²) in [6, 6.07) is 20.0. The summed E-state index contributed by atoms with van der Waals surface area (Å²) >= 11 is 0. The number of amides is 2. The fraction of sp³-hybridized carbons (Fsp3) is 0.267. The van der Waals surface area contributed by atoms with Gasteiger partial charge in [-0.1, -0.05) is 60.2 Å². The monoisotopic (exact) mass is 488 g/mol. The third-order valence-electron chi connectivity index (χ3n) is 5.84. The fourth-order valence-electron chi connectivity index (χ4n) is 3.84. The van der Waals surface area contributed by atoms with E-state index in [-0.39, 0.29) is 42.5 Å². The molecule has 0 aromatic heterocycles. The van der Waals surface area contributed by atoms with E-state index in [1.807, 2.05) is 19.1 Å². The maximum Gasteiger partial charge on any atom is 0.252 e. The summed E-state index contributed by atoms with van der Waals surface area (Å²) in [7, 11) is 0. The summed E-state index contributed by atoms with van der Waals surface area (Å²) in [5.74, 6) is 4.78. The van der Waals surface area contributed by atoms with E-state index in [2.05, 4.69) is 22.5 Å². The smallest absolute Gasteiger partial charge is 0.252 e. The number of carbonyl (C=O) groups is 2. The van der Waals surface area contributed by atoms with Crippen LogP contribution < -0.4 is 10.6 Å². The van der Waals surface area contributed by atoms with E-state index in [9.17, 15) is 18.4 Å². The van der Waals surface area contributed by atoms with Gasteiger partial charge < -0.3 is 10.6 Å². The predicted octanol–water partition coefficient (Wildman–Crippen LogP) is 5.52. The van der Waals surface area contributed by atoms with Gasteiger partial charge in [-0.15, -0.1) is 0 Å². The molecule has 0 spiro atoms. The molecular weight excluding hydrogens is 458 g/mol. The molecule has 0 atom stereocenters. The molecule has 6 heteroatoms. The second-order valence-corrected chi connectivity index (χ2v) is 8.58. The van der Waals surface area contributed by atoms with Gasteiger partial charge in [0.25, 0.3) is 5.91 Å². The Balaban J connectivity index is 1.37.